The van der Waals surface area contributed by atoms with E-state index in [4.69, 9.17) is 4.52 Å². The minimum atomic E-state index is -0.0942. The zero-order valence-electron chi connectivity index (χ0n) is 13.1. The van der Waals surface area contributed by atoms with E-state index in [1.54, 1.807) is 0 Å². The average molecular weight is 281 g/mol. The molecule has 114 valence electrons. The fourth-order valence-electron chi connectivity index (χ4n) is 2.74. The second-order valence-electron chi connectivity index (χ2n) is 7.04. The monoisotopic (exact) mass is 281 g/mol. The summed E-state index contributed by atoms with van der Waals surface area (Å²) in [6.07, 6.45) is 4.52. The van der Waals surface area contributed by atoms with Gasteiger partial charge in [-0.25, -0.2) is 0 Å². The fourth-order valence-corrected chi connectivity index (χ4v) is 2.74. The number of rotatable bonds is 4. The lowest BCUT2D eigenvalue weighted by Gasteiger charge is -2.33. The topological polar surface area (TPSA) is 62.4 Å². The average Bonchev–Trinajstić information content (AvgIpc) is 2.87. The van der Waals surface area contributed by atoms with Crippen LogP contribution in [0.3, 0.4) is 0 Å². The van der Waals surface area contributed by atoms with Gasteiger partial charge < -0.3 is 9.63 Å². The molecule has 1 N–H and O–H groups in total. The zero-order chi connectivity index (χ0) is 14.8. The zero-order valence-corrected chi connectivity index (χ0v) is 13.1. The summed E-state index contributed by atoms with van der Waals surface area (Å²) in [6, 6.07) is 0.564. The molecule has 0 radical (unpaired) electrons. The number of aliphatic hydroxyl groups is 1. The molecule has 0 unspecified atom stereocenters. The standard InChI is InChI=1S/C15H27N3O2/c1-15(2,3)14-16-13(17-20-14)9-18(4)12-7-5-11(10-19)6-8-12/h11-12,19H,5-10H2,1-4H3. The van der Waals surface area contributed by atoms with Gasteiger partial charge in [-0.15, -0.1) is 0 Å². The van der Waals surface area contributed by atoms with Crippen LogP contribution in [0.5, 0.6) is 0 Å². The van der Waals surface area contributed by atoms with Gasteiger partial charge in [-0.3, -0.25) is 4.90 Å². The van der Waals surface area contributed by atoms with Gasteiger partial charge in [0.25, 0.3) is 0 Å². The van der Waals surface area contributed by atoms with Crippen molar-refractivity contribution in [1.82, 2.24) is 15.0 Å². The van der Waals surface area contributed by atoms with Crippen LogP contribution >= 0.6 is 0 Å². The first-order valence-electron chi connectivity index (χ1n) is 7.54. The van der Waals surface area contributed by atoms with Crippen molar-refractivity contribution in [2.45, 2.75) is 64.5 Å². The molecule has 5 heteroatoms. The van der Waals surface area contributed by atoms with Gasteiger partial charge in [0.05, 0.1) is 6.54 Å². The van der Waals surface area contributed by atoms with Crippen molar-refractivity contribution in [2.24, 2.45) is 5.92 Å². The third-order valence-electron chi connectivity index (χ3n) is 4.20. The lowest BCUT2D eigenvalue weighted by atomic mass is 9.86. The Morgan fingerprint density at radius 2 is 1.90 bits per heavy atom. The lowest BCUT2D eigenvalue weighted by molar-refractivity contribution is 0.122. The highest BCUT2D eigenvalue weighted by Gasteiger charge is 2.26. The van der Waals surface area contributed by atoms with E-state index in [0.717, 1.165) is 38.1 Å². The Bertz CT molecular complexity index is 417. The van der Waals surface area contributed by atoms with Crippen LogP contribution in [-0.2, 0) is 12.0 Å². The van der Waals surface area contributed by atoms with E-state index in [1.807, 2.05) is 0 Å². The Balaban J connectivity index is 1.88. The van der Waals surface area contributed by atoms with Crippen molar-refractivity contribution in [3.63, 3.8) is 0 Å². The Morgan fingerprint density at radius 1 is 1.25 bits per heavy atom. The van der Waals surface area contributed by atoms with Gasteiger partial charge in [-0.2, -0.15) is 4.98 Å². The van der Waals surface area contributed by atoms with Crippen LogP contribution in [0, 0.1) is 5.92 Å². The van der Waals surface area contributed by atoms with E-state index in [-0.39, 0.29) is 5.41 Å². The van der Waals surface area contributed by atoms with Gasteiger partial charge in [-0.1, -0.05) is 25.9 Å². The Kier molecular flexibility index (Phi) is 4.81. The highest BCUT2D eigenvalue weighted by atomic mass is 16.5. The second-order valence-corrected chi connectivity index (χ2v) is 7.04. The van der Waals surface area contributed by atoms with Crippen molar-refractivity contribution in [3.8, 4) is 0 Å². The van der Waals surface area contributed by atoms with Crippen molar-refractivity contribution < 1.29 is 9.63 Å². The molecule has 1 aliphatic carbocycles. The molecule has 5 nitrogen and oxygen atoms in total. The van der Waals surface area contributed by atoms with E-state index in [1.165, 1.54) is 0 Å². The normalized spacial score (nSPS) is 24.3. The minimum absolute atomic E-state index is 0.0942. The third kappa shape index (κ3) is 3.79. The first-order chi connectivity index (χ1) is 9.40. The molecular weight excluding hydrogens is 254 g/mol. The SMILES string of the molecule is CN(Cc1noc(C(C)(C)C)n1)C1CCC(CO)CC1. The minimum Gasteiger partial charge on any atom is -0.396 e. The van der Waals surface area contributed by atoms with Crippen LogP contribution in [0.25, 0.3) is 0 Å². The Morgan fingerprint density at radius 3 is 2.40 bits per heavy atom. The van der Waals surface area contributed by atoms with Gasteiger partial charge in [0.15, 0.2) is 5.82 Å². The molecule has 1 heterocycles. The third-order valence-corrected chi connectivity index (χ3v) is 4.20. The van der Waals surface area contributed by atoms with E-state index in [2.05, 4.69) is 42.9 Å². The Labute approximate surface area is 121 Å². The van der Waals surface area contributed by atoms with Gasteiger partial charge >= 0.3 is 0 Å². The molecule has 1 aliphatic rings. The van der Waals surface area contributed by atoms with Crippen LogP contribution in [-0.4, -0.2) is 39.8 Å². The van der Waals surface area contributed by atoms with Gasteiger partial charge in [0.1, 0.15) is 0 Å². The summed E-state index contributed by atoms with van der Waals surface area (Å²) in [5.74, 6) is 1.96. The number of nitrogens with zero attached hydrogens (tertiary/aromatic N) is 3. The molecule has 1 fully saturated rings. The van der Waals surface area contributed by atoms with Crippen molar-refractivity contribution in [3.05, 3.63) is 11.7 Å². The molecule has 1 saturated carbocycles. The highest BCUT2D eigenvalue weighted by molar-refractivity contribution is 4.98. The predicted octanol–water partition coefficient (Wildman–Crippen LogP) is 2.35. The van der Waals surface area contributed by atoms with Crippen LogP contribution < -0.4 is 0 Å². The first kappa shape index (κ1) is 15.4. The molecule has 0 amide bonds. The molecule has 0 aliphatic heterocycles. The van der Waals surface area contributed by atoms with Crippen molar-refractivity contribution in [2.75, 3.05) is 13.7 Å². The molecule has 0 aromatic carbocycles. The molecule has 1 aromatic heterocycles. The maximum Gasteiger partial charge on any atom is 0.232 e. The molecule has 20 heavy (non-hydrogen) atoms. The van der Waals surface area contributed by atoms with E-state index in [0.29, 0.717) is 24.5 Å². The largest absolute Gasteiger partial charge is 0.396 e. The summed E-state index contributed by atoms with van der Waals surface area (Å²) in [7, 11) is 2.12. The van der Waals surface area contributed by atoms with Crippen LogP contribution in [0.15, 0.2) is 4.52 Å². The fraction of sp³-hybridized carbons (Fsp3) is 0.867. The van der Waals surface area contributed by atoms with Gasteiger partial charge in [0.2, 0.25) is 5.89 Å². The van der Waals surface area contributed by atoms with E-state index >= 15 is 0 Å². The molecular formula is C15H27N3O2. The summed E-state index contributed by atoms with van der Waals surface area (Å²) < 4.78 is 5.33. The molecule has 0 bridgehead atoms. The molecule has 1 aromatic rings. The second kappa shape index (κ2) is 6.22. The molecule has 0 saturated heterocycles. The lowest BCUT2D eigenvalue weighted by Crippen LogP contribution is -2.35. The quantitative estimate of drug-likeness (QED) is 0.918. The maximum atomic E-state index is 9.18. The first-order valence-corrected chi connectivity index (χ1v) is 7.54. The summed E-state index contributed by atoms with van der Waals surface area (Å²) >= 11 is 0. The highest BCUT2D eigenvalue weighted by Crippen LogP contribution is 2.27. The molecule has 0 atom stereocenters. The summed E-state index contributed by atoms with van der Waals surface area (Å²) in [6.45, 7) is 7.28. The number of aromatic nitrogens is 2. The van der Waals surface area contributed by atoms with Crippen LogP contribution in [0.2, 0.25) is 0 Å². The van der Waals surface area contributed by atoms with E-state index < -0.39 is 0 Å². The summed E-state index contributed by atoms with van der Waals surface area (Å²) in [5.41, 5.74) is -0.0942. The number of hydrogen-bond acceptors (Lipinski definition) is 5. The maximum absolute atomic E-state index is 9.18. The number of hydrogen-bond donors (Lipinski definition) is 1. The van der Waals surface area contributed by atoms with Gasteiger partial charge in [0, 0.05) is 18.1 Å². The predicted molar refractivity (Wildman–Crippen MR) is 77.3 cm³/mol. The van der Waals surface area contributed by atoms with Crippen molar-refractivity contribution >= 4 is 0 Å². The van der Waals surface area contributed by atoms with E-state index in [9.17, 15) is 5.11 Å². The molecule has 0 spiro atoms. The smallest absolute Gasteiger partial charge is 0.232 e. The summed E-state index contributed by atoms with van der Waals surface area (Å²) in [5, 5.41) is 13.3. The van der Waals surface area contributed by atoms with Gasteiger partial charge in [-0.05, 0) is 38.6 Å². The van der Waals surface area contributed by atoms with Crippen molar-refractivity contribution in [1.29, 1.82) is 0 Å². The van der Waals surface area contributed by atoms with Crippen LogP contribution in [0.1, 0.15) is 58.2 Å². The Hall–Kier alpha value is -0.940. The van der Waals surface area contributed by atoms with Crippen LogP contribution in [0.4, 0.5) is 0 Å². The summed E-state index contributed by atoms with van der Waals surface area (Å²) in [4.78, 5) is 6.80. The molecule has 2 rings (SSSR count). The number of aliphatic hydroxyl groups excluding tert-OH is 1.